The molecule has 1 aliphatic heterocycles. The molecular formula is C14H18BrNO3. The summed E-state index contributed by atoms with van der Waals surface area (Å²) in [5.41, 5.74) is 0.286. The average Bonchev–Trinajstić information content (AvgIpc) is 2.37. The first kappa shape index (κ1) is 14.3. The van der Waals surface area contributed by atoms with E-state index in [1.165, 1.54) is 0 Å². The highest BCUT2D eigenvalue weighted by Gasteiger charge is 2.35. The molecule has 1 fully saturated rings. The Balaban J connectivity index is 2.33. The number of amides is 1. The molecule has 0 atom stereocenters. The van der Waals surface area contributed by atoms with Crippen LogP contribution in [-0.2, 0) is 4.74 Å². The monoisotopic (exact) mass is 327 g/mol. The van der Waals surface area contributed by atoms with Gasteiger partial charge in [-0.3, -0.25) is 4.79 Å². The highest BCUT2D eigenvalue weighted by Crippen LogP contribution is 2.28. The molecule has 0 unspecified atom stereocenters. The summed E-state index contributed by atoms with van der Waals surface area (Å²) in [6.07, 6.45) is 0. The van der Waals surface area contributed by atoms with Gasteiger partial charge < -0.3 is 14.4 Å². The number of hydrogen-bond acceptors (Lipinski definition) is 3. The van der Waals surface area contributed by atoms with E-state index in [4.69, 9.17) is 9.47 Å². The predicted molar refractivity (Wildman–Crippen MR) is 76.6 cm³/mol. The van der Waals surface area contributed by atoms with Gasteiger partial charge in [0.25, 0.3) is 5.91 Å². The van der Waals surface area contributed by atoms with Crippen molar-refractivity contribution in [3.8, 4) is 5.75 Å². The minimum absolute atomic E-state index is 0.0161. The maximum absolute atomic E-state index is 12.7. The molecule has 1 aromatic rings. The summed E-state index contributed by atoms with van der Waals surface area (Å²) in [7, 11) is 1.57. The van der Waals surface area contributed by atoms with Gasteiger partial charge in [-0.1, -0.05) is 15.9 Å². The Bertz CT molecular complexity index is 488. The molecule has 0 N–H and O–H groups in total. The molecule has 1 aromatic carbocycles. The smallest absolute Gasteiger partial charge is 0.258 e. The first-order valence-electron chi connectivity index (χ1n) is 6.19. The number of methoxy groups -OCH3 is 1. The van der Waals surface area contributed by atoms with Crippen molar-refractivity contribution in [1.82, 2.24) is 4.90 Å². The summed E-state index contributed by atoms with van der Waals surface area (Å²) in [5.74, 6) is 0.569. The van der Waals surface area contributed by atoms with Gasteiger partial charge in [0.1, 0.15) is 5.75 Å². The van der Waals surface area contributed by atoms with Crippen LogP contribution in [0.4, 0.5) is 0 Å². The van der Waals surface area contributed by atoms with Crippen molar-refractivity contribution in [2.45, 2.75) is 19.4 Å². The van der Waals surface area contributed by atoms with E-state index in [9.17, 15) is 4.79 Å². The van der Waals surface area contributed by atoms with Crippen molar-refractivity contribution in [1.29, 1.82) is 0 Å². The Hall–Kier alpha value is -1.07. The number of benzene rings is 1. The largest absolute Gasteiger partial charge is 0.496 e. The standard InChI is InChI=1S/C14H18BrNO3/c1-14(2)9-19-7-6-16(14)13(17)11-5-4-10(15)8-12(11)18-3/h4-5,8H,6-7,9H2,1-3H3. The van der Waals surface area contributed by atoms with Crippen molar-refractivity contribution in [3.05, 3.63) is 28.2 Å². The highest BCUT2D eigenvalue weighted by atomic mass is 79.9. The van der Waals surface area contributed by atoms with Gasteiger partial charge in [-0.15, -0.1) is 0 Å². The highest BCUT2D eigenvalue weighted by molar-refractivity contribution is 9.10. The van der Waals surface area contributed by atoms with Crippen LogP contribution in [0.15, 0.2) is 22.7 Å². The lowest BCUT2D eigenvalue weighted by molar-refractivity contribution is -0.0371. The van der Waals surface area contributed by atoms with E-state index in [-0.39, 0.29) is 11.4 Å². The third kappa shape index (κ3) is 2.92. The maximum Gasteiger partial charge on any atom is 0.258 e. The van der Waals surface area contributed by atoms with Gasteiger partial charge >= 0.3 is 0 Å². The number of halogens is 1. The second-order valence-electron chi connectivity index (χ2n) is 5.17. The number of morpholine rings is 1. The number of nitrogens with zero attached hydrogens (tertiary/aromatic N) is 1. The quantitative estimate of drug-likeness (QED) is 0.838. The van der Waals surface area contributed by atoms with Gasteiger partial charge in [-0.25, -0.2) is 0 Å². The minimum atomic E-state index is -0.298. The zero-order chi connectivity index (χ0) is 14.0. The van der Waals surface area contributed by atoms with Crippen LogP contribution in [0.25, 0.3) is 0 Å². The molecule has 0 aliphatic carbocycles. The Kier molecular flexibility index (Phi) is 4.16. The molecule has 0 spiro atoms. The fourth-order valence-corrected chi connectivity index (χ4v) is 2.56. The number of rotatable bonds is 2. The van der Waals surface area contributed by atoms with Crippen molar-refractivity contribution >= 4 is 21.8 Å². The summed E-state index contributed by atoms with van der Waals surface area (Å²) in [6.45, 7) is 5.75. The summed E-state index contributed by atoms with van der Waals surface area (Å²) in [6, 6.07) is 5.45. The van der Waals surface area contributed by atoms with E-state index in [0.29, 0.717) is 31.1 Å². The van der Waals surface area contributed by atoms with Gasteiger partial charge in [0.2, 0.25) is 0 Å². The third-order valence-electron chi connectivity index (χ3n) is 3.28. The summed E-state index contributed by atoms with van der Waals surface area (Å²) in [5, 5.41) is 0. The molecule has 0 saturated carbocycles. The molecule has 19 heavy (non-hydrogen) atoms. The Morgan fingerprint density at radius 1 is 1.47 bits per heavy atom. The zero-order valence-electron chi connectivity index (χ0n) is 11.4. The van der Waals surface area contributed by atoms with E-state index >= 15 is 0 Å². The van der Waals surface area contributed by atoms with Crippen LogP contribution in [0.2, 0.25) is 0 Å². The van der Waals surface area contributed by atoms with Gasteiger partial charge in [0, 0.05) is 11.0 Å². The van der Waals surface area contributed by atoms with Crippen LogP contribution >= 0.6 is 15.9 Å². The van der Waals surface area contributed by atoms with Crippen LogP contribution in [0.5, 0.6) is 5.75 Å². The summed E-state index contributed by atoms with van der Waals surface area (Å²) in [4.78, 5) is 14.5. The first-order valence-corrected chi connectivity index (χ1v) is 6.98. The average molecular weight is 328 g/mol. The van der Waals surface area contributed by atoms with Crippen LogP contribution in [-0.4, -0.2) is 43.2 Å². The molecule has 104 valence electrons. The molecule has 0 radical (unpaired) electrons. The fraction of sp³-hybridized carbons (Fsp3) is 0.500. The van der Waals surface area contributed by atoms with Crippen molar-refractivity contribution < 1.29 is 14.3 Å². The van der Waals surface area contributed by atoms with E-state index < -0.39 is 0 Å². The third-order valence-corrected chi connectivity index (χ3v) is 3.78. The van der Waals surface area contributed by atoms with E-state index in [1.807, 2.05) is 24.8 Å². The van der Waals surface area contributed by atoms with Crippen LogP contribution in [0.3, 0.4) is 0 Å². The molecular weight excluding hydrogens is 310 g/mol. The lowest BCUT2D eigenvalue weighted by Crippen LogP contribution is -2.55. The van der Waals surface area contributed by atoms with Crippen molar-refractivity contribution in [2.24, 2.45) is 0 Å². The molecule has 4 nitrogen and oxygen atoms in total. The molecule has 2 rings (SSSR count). The topological polar surface area (TPSA) is 38.8 Å². The van der Waals surface area contributed by atoms with Gasteiger partial charge in [-0.05, 0) is 32.0 Å². The van der Waals surface area contributed by atoms with E-state index in [1.54, 1.807) is 19.2 Å². The molecule has 1 saturated heterocycles. The normalized spacial score (nSPS) is 18.2. The lowest BCUT2D eigenvalue weighted by atomic mass is 10.0. The Labute approximate surface area is 121 Å². The lowest BCUT2D eigenvalue weighted by Gasteiger charge is -2.42. The second kappa shape index (κ2) is 5.51. The molecule has 1 amide bonds. The van der Waals surface area contributed by atoms with Gasteiger partial charge in [-0.2, -0.15) is 0 Å². The van der Waals surface area contributed by atoms with E-state index in [0.717, 1.165) is 4.47 Å². The second-order valence-corrected chi connectivity index (χ2v) is 6.08. The van der Waals surface area contributed by atoms with Gasteiger partial charge in [0.15, 0.2) is 0 Å². The minimum Gasteiger partial charge on any atom is -0.496 e. The summed E-state index contributed by atoms with van der Waals surface area (Å²) >= 11 is 3.38. The first-order chi connectivity index (χ1) is 8.95. The van der Waals surface area contributed by atoms with Crippen LogP contribution in [0, 0.1) is 0 Å². The predicted octanol–water partition coefficient (Wildman–Crippen LogP) is 2.71. The Morgan fingerprint density at radius 3 is 2.84 bits per heavy atom. The number of ether oxygens (including phenoxy) is 2. The van der Waals surface area contributed by atoms with Crippen molar-refractivity contribution in [3.63, 3.8) is 0 Å². The van der Waals surface area contributed by atoms with E-state index in [2.05, 4.69) is 15.9 Å². The molecule has 0 bridgehead atoms. The van der Waals surface area contributed by atoms with Crippen LogP contribution < -0.4 is 4.74 Å². The number of hydrogen-bond donors (Lipinski definition) is 0. The molecule has 1 aliphatic rings. The number of carbonyl (C=O) groups is 1. The van der Waals surface area contributed by atoms with Gasteiger partial charge in [0.05, 0.1) is 31.4 Å². The zero-order valence-corrected chi connectivity index (χ0v) is 13.0. The van der Waals surface area contributed by atoms with Crippen LogP contribution in [0.1, 0.15) is 24.2 Å². The molecule has 1 heterocycles. The molecule has 5 heteroatoms. The number of carbonyl (C=O) groups excluding carboxylic acids is 1. The Morgan fingerprint density at radius 2 is 2.21 bits per heavy atom. The van der Waals surface area contributed by atoms with Crippen molar-refractivity contribution in [2.75, 3.05) is 26.9 Å². The fourth-order valence-electron chi connectivity index (χ4n) is 2.22. The maximum atomic E-state index is 12.7. The SMILES string of the molecule is COc1cc(Br)ccc1C(=O)N1CCOCC1(C)C. The molecule has 0 aromatic heterocycles. The summed E-state index contributed by atoms with van der Waals surface area (Å²) < 4.78 is 11.6.